The van der Waals surface area contributed by atoms with E-state index in [9.17, 15) is 13.6 Å². The van der Waals surface area contributed by atoms with Gasteiger partial charge >= 0.3 is 0 Å². The molecule has 0 fully saturated rings. The largest absolute Gasteiger partial charge is 0.339 e. The lowest BCUT2D eigenvalue weighted by atomic mass is 10.1. The van der Waals surface area contributed by atoms with Crippen LogP contribution in [0.5, 0.6) is 0 Å². The van der Waals surface area contributed by atoms with Crippen LogP contribution in [0.4, 0.5) is 26.0 Å². The molecule has 0 unspecified atom stereocenters. The highest BCUT2D eigenvalue weighted by Crippen LogP contribution is 2.19. The lowest BCUT2D eigenvalue weighted by molar-refractivity contribution is 0.102. The maximum Gasteiger partial charge on any atom is 0.275 e. The first-order valence-electron chi connectivity index (χ1n) is 7.85. The minimum Gasteiger partial charge on any atom is -0.339 e. The number of nitrogens with one attached hydrogen (secondary N) is 2. The summed E-state index contributed by atoms with van der Waals surface area (Å²) in [5.74, 6) is -1.97. The van der Waals surface area contributed by atoms with E-state index in [-0.39, 0.29) is 11.6 Å². The molecule has 2 aromatic carbocycles. The number of benzene rings is 2. The summed E-state index contributed by atoms with van der Waals surface area (Å²) in [5.41, 5.74) is 3.14. The third kappa shape index (κ3) is 4.00. The van der Waals surface area contributed by atoms with Crippen LogP contribution in [0, 0.1) is 25.5 Å². The molecule has 132 valence electrons. The van der Waals surface area contributed by atoms with Crippen molar-refractivity contribution in [2.45, 2.75) is 13.8 Å². The highest BCUT2D eigenvalue weighted by molar-refractivity contribution is 6.03. The van der Waals surface area contributed by atoms with Gasteiger partial charge in [-0.3, -0.25) is 4.79 Å². The van der Waals surface area contributed by atoms with Crippen molar-refractivity contribution in [1.29, 1.82) is 0 Å². The van der Waals surface area contributed by atoms with Crippen LogP contribution in [0.2, 0.25) is 0 Å². The molecule has 0 atom stereocenters. The molecular weight excluding hydrogens is 338 g/mol. The van der Waals surface area contributed by atoms with Gasteiger partial charge < -0.3 is 10.6 Å². The van der Waals surface area contributed by atoms with Crippen molar-refractivity contribution in [3.63, 3.8) is 0 Å². The van der Waals surface area contributed by atoms with E-state index in [0.29, 0.717) is 17.2 Å². The Morgan fingerprint density at radius 2 is 1.77 bits per heavy atom. The molecular formula is C19H16F2N4O. The topological polar surface area (TPSA) is 66.9 Å². The van der Waals surface area contributed by atoms with Crippen molar-refractivity contribution in [2.75, 3.05) is 10.6 Å². The summed E-state index contributed by atoms with van der Waals surface area (Å²) in [5, 5.41) is 5.59. The number of nitrogens with zero attached hydrogens (tertiary/aromatic N) is 2. The van der Waals surface area contributed by atoms with Crippen molar-refractivity contribution in [3.05, 3.63) is 77.2 Å². The Hall–Kier alpha value is -3.35. The maximum atomic E-state index is 13.2. The van der Waals surface area contributed by atoms with E-state index < -0.39 is 11.6 Å². The van der Waals surface area contributed by atoms with Crippen LogP contribution in [0.15, 0.2) is 48.8 Å². The van der Waals surface area contributed by atoms with Crippen LogP contribution in [0.1, 0.15) is 21.6 Å². The number of anilines is 3. The quantitative estimate of drug-likeness (QED) is 0.730. The van der Waals surface area contributed by atoms with Gasteiger partial charge in [0.1, 0.15) is 11.5 Å². The molecule has 0 radical (unpaired) electrons. The SMILES string of the molecule is Cc1ccc(C)c(NC(=O)c2cnc(Nc3ccc(F)c(F)c3)cn2)c1. The van der Waals surface area contributed by atoms with Gasteiger partial charge in [0.05, 0.1) is 12.4 Å². The van der Waals surface area contributed by atoms with Crippen LogP contribution >= 0.6 is 0 Å². The molecule has 0 saturated carbocycles. The zero-order chi connectivity index (χ0) is 18.7. The van der Waals surface area contributed by atoms with E-state index in [2.05, 4.69) is 20.6 Å². The van der Waals surface area contributed by atoms with Gasteiger partial charge in [-0.2, -0.15) is 0 Å². The average Bonchev–Trinajstić information content (AvgIpc) is 2.62. The first-order chi connectivity index (χ1) is 12.4. The Balaban J connectivity index is 1.71. The molecule has 1 amide bonds. The highest BCUT2D eigenvalue weighted by atomic mass is 19.2. The number of hydrogen-bond donors (Lipinski definition) is 2. The van der Waals surface area contributed by atoms with E-state index in [4.69, 9.17) is 0 Å². The van der Waals surface area contributed by atoms with Gasteiger partial charge in [0.15, 0.2) is 11.6 Å². The van der Waals surface area contributed by atoms with Crippen LogP contribution in [0.3, 0.4) is 0 Å². The molecule has 1 aromatic heterocycles. The van der Waals surface area contributed by atoms with Crippen molar-refractivity contribution in [2.24, 2.45) is 0 Å². The number of carbonyl (C=O) groups is 1. The second-order valence-corrected chi connectivity index (χ2v) is 5.81. The van der Waals surface area contributed by atoms with E-state index in [1.54, 1.807) is 0 Å². The molecule has 5 nitrogen and oxygen atoms in total. The Kier molecular flexibility index (Phi) is 4.88. The molecule has 1 heterocycles. The minimum absolute atomic E-state index is 0.141. The van der Waals surface area contributed by atoms with Crippen molar-refractivity contribution < 1.29 is 13.6 Å². The number of halogens is 2. The van der Waals surface area contributed by atoms with Gasteiger partial charge in [0.2, 0.25) is 0 Å². The normalized spacial score (nSPS) is 10.5. The predicted molar refractivity (Wildman–Crippen MR) is 95.5 cm³/mol. The van der Waals surface area contributed by atoms with Crippen molar-refractivity contribution in [1.82, 2.24) is 9.97 Å². The molecule has 26 heavy (non-hydrogen) atoms. The summed E-state index contributed by atoms with van der Waals surface area (Å²) in [6.07, 6.45) is 2.65. The number of amides is 1. The molecule has 0 aliphatic carbocycles. The maximum absolute atomic E-state index is 13.2. The monoisotopic (exact) mass is 354 g/mol. The summed E-state index contributed by atoms with van der Waals surface area (Å²) >= 11 is 0. The molecule has 7 heteroatoms. The zero-order valence-electron chi connectivity index (χ0n) is 14.2. The first-order valence-corrected chi connectivity index (χ1v) is 7.85. The number of aryl methyl sites for hydroxylation is 2. The van der Waals surface area contributed by atoms with E-state index >= 15 is 0 Å². The Bertz CT molecular complexity index is 958. The van der Waals surface area contributed by atoms with Gasteiger partial charge in [0.25, 0.3) is 5.91 Å². The summed E-state index contributed by atoms with van der Waals surface area (Å²) in [4.78, 5) is 20.4. The molecule has 0 bridgehead atoms. The van der Waals surface area contributed by atoms with Crippen molar-refractivity contribution in [3.8, 4) is 0 Å². The summed E-state index contributed by atoms with van der Waals surface area (Å²) in [6, 6.07) is 9.16. The van der Waals surface area contributed by atoms with E-state index in [0.717, 1.165) is 23.3 Å². The van der Waals surface area contributed by atoms with E-state index in [1.165, 1.54) is 18.5 Å². The fraction of sp³-hybridized carbons (Fsp3) is 0.105. The fourth-order valence-corrected chi connectivity index (χ4v) is 2.29. The summed E-state index contributed by atoms with van der Waals surface area (Å²) < 4.78 is 26.2. The average molecular weight is 354 g/mol. The molecule has 3 rings (SSSR count). The number of rotatable bonds is 4. The molecule has 0 spiro atoms. The lowest BCUT2D eigenvalue weighted by Crippen LogP contribution is -2.15. The van der Waals surface area contributed by atoms with Crippen LogP contribution < -0.4 is 10.6 Å². The molecule has 0 aliphatic heterocycles. The van der Waals surface area contributed by atoms with Gasteiger partial charge in [0, 0.05) is 17.4 Å². The lowest BCUT2D eigenvalue weighted by Gasteiger charge is -2.09. The molecule has 2 N–H and O–H groups in total. The Morgan fingerprint density at radius 1 is 0.962 bits per heavy atom. The predicted octanol–water partition coefficient (Wildman–Crippen LogP) is 4.37. The molecule has 0 aliphatic rings. The first kappa shape index (κ1) is 17.5. The minimum atomic E-state index is -0.965. The number of aromatic nitrogens is 2. The van der Waals surface area contributed by atoms with Crippen LogP contribution in [-0.2, 0) is 0 Å². The zero-order valence-corrected chi connectivity index (χ0v) is 14.2. The van der Waals surface area contributed by atoms with Gasteiger partial charge in [-0.1, -0.05) is 12.1 Å². The van der Waals surface area contributed by atoms with Crippen LogP contribution in [0.25, 0.3) is 0 Å². The third-order valence-electron chi connectivity index (χ3n) is 3.72. The van der Waals surface area contributed by atoms with Gasteiger partial charge in [-0.15, -0.1) is 0 Å². The number of hydrogen-bond acceptors (Lipinski definition) is 4. The standard InChI is InChI=1S/C19H16F2N4O/c1-11-3-4-12(2)16(7-11)25-19(26)17-9-23-18(10-22-17)24-13-5-6-14(20)15(21)8-13/h3-10H,1-2H3,(H,23,24)(H,25,26). The third-order valence-corrected chi connectivity index (χ3v) is 3.72. The fourth-order valence-electron chi connectivity index (χ4n) is 2.29. The summed E-state index contributed by atoms with van der Waals surface area (Å²) in [7, 11) is 0. The molecule has 3 aromatic rings. The van der Waals surface area contributed by atoms with Crippen molar-refractivity contribution >= 4 is 23.1 Å². The smallest absolute Gasteiger partial charge is 0.275 e. The van der Waals surface area contributed by atoms with Crippen LogP contribution in [-0.4, -0.2) is 15.9 Å². The second-order valence-electron chi connectivity index (χ2n) is 5.81. The number of carbonyl (C=O) groups excluding carboxylic acids is 1. The van der Waals surface area contributed by atoms with E-state index in [1.807, 2.05) is 32.0 Å². The highest BCUT2D eigenvalue weighted by Gasteiger charge is 2.11. The van der Waals surface area contributed by atoms with Gasteiger partial charge in [-0.05, 0) is 43.2 Å². The second kappa shape index (κ2) is 7.26. The Labute approximate surface area is 149 Å². The van der Waals surface area contributed by atoms with Gasteiger partial charge in [-0.25, -0.2) is 18.7 Å². The Morgan fingerprint density at radius 3 is 2.46 bits per heavy atom. The summed E-state index contributed by atoms with van der Waals surface area (Å²) in [6.45, 7) is 3.84. The molecule has 0 saturated heterocycles.